The lowest BCUT2D eigenvalue weighted by Crippen LogP contribution is -2.42. The molecule has 3 unspecified atom stereocenters. The minimum atomic E-state index is -0.723. The van der Waals surface area contributed by atoms with Gasteiger partial charge in [-0.1, -0.05) is 18.2 Å². The van der Waals surface area contributed by atoms with E-state index in [9.17, 15) is 5.11 Å². The van der Waals surface area contributed by atoms with Crippen LogP contribution in [0.25, 0.3) is 0 Å². The largest absolute Gasteiger partial charge is 0.496 e. The lowest BCUT2D eigenvalue weighted by molar-refractivity contribution is -0.0648. The van der Waals surface area contributed by atoms with Crippen molar-refractivity contribution >= 4 is 0 Å². The van der Waals surface area contributed by atoms with Crippen LogP contribution >= 0.6 is 0 Å². The van der Waals surface area contributed by atoms with Crippen molar-refractivity contribution in [3.05, 3.63) is 29.8 Å². The first kappa shape index (κ1) is 12.0. The summed E-state index contributed by atoms with van der Waals surface area (Å²) >= 11 is 0. The lowest BCUT2D eigenvalue weighted by Gasteiger charge is -2.42. The van der Waals surface area contributed by atoms with Crippen LogP contribution in [0.5, 0.6) is 5.75 Å². The van der Waals surface area contributed by atoms with E-state index >= 15 is 0 Å². The summed E-state index contributed by atoms with van der Waals surface area (Å²) in [5.74, 6) is 1.74. The van der Waals surface area contributed by atoms with Gasteiger partial charge in [0.1, 0.15) is 5.75 Å². The Morgan fingerprint density at radius 1 is 1.33 bits per heavy atom. The second-order valence-electron chi connectivity index (χ2n) is 5.54. The van der Waals surface area contributed by atoms with Crippen LogP contribution in [0.3, 0.4) is 0 Å². The zero-order valence-corrected chi connectivity index (χ0v) is 10.9. The lowest BCUT2D eigenvalue weighted by atomic mass is 9.67. The molecule has 2 fully saturated rings. The zero-order valence-electron chi connectivity index (χ0n) is 10.9. The van der Waals surface area contributed by atoms with Crippen molar-refractivity contribution in [3.63, 3.8) is 0 Å². The van der Waals surface area contributed by atoms with Gasteiger partial charge in [-0.25, -0.2) is 0 Å². The number of para-hydroxylation sites is 1. The Balaban J connectivity index is 2.02. The number of benzene rings is 1. The number of hydrogen-bond acceptors (Lipinski definition) is 3. The van der Waals surface area contributed by atoms with Gasteiger partial charge in [-0.2, -0.15) is 0 Å². The van der Waals surface area contributed by atoms with Crippen molar-refractivity contribution in [2.75, 3.05) is 20.2 Å². The van der Waals surface area contributed by atoms with Gasteiger partial charge in [0.05, 0.1) is 12.7 Å². The molecule has 1 saturated heterocycles. The smallest absolute Gasteiger partial charge is 0.124 e. The van der Waals surface area contributed by atoms with E-state index in [1.54, 1.807) is 7.11 Å². The molecule has 3 rings (SSSR count). The Kier molecular flexibility index (Phi) is 3.04. The molecule has 3 nitrogen and oxygen atoms in total. The van der Waals surface area contributed by atoms with Crippen molar-refractivity contribution in [3.8, 4) is 5.75 Å². The summed E-state index contributed by atoms with van der Waals surface area (Å²) in [4.78, 5) is 0. The van der Waals surface area contributed by atoms with Gasteiger partial charge >= 0.3 is 0 Å². The number of nitrogens with one attached hydrogen (secondary N) is 1. The molecule has 98 valence electrons. The Labute approximate surface area is 108 Å². The van der Waals surface area contributed by atoms with Gasteiger partial charge in [-0.05, 0) is 37.8 Å². The summed E-state index contributed by atoms with van der Waals surface area (Å²) in [5, 5.41) is 14.6. The molecule has 1 aliphatic heterocycles. The van der Waals surface area contributed by atoms with Gasteiger partial charge in [-0.15, -0.1) is 0 Å². The first-order valence-corrected chi connectivity index (χ1v) is 6.82. The highest BCUT2D eigenvalue weighted by Gasteiger charge is 2.48. The number of fused-ring (bicyclic) bond motifs is 1. The first-order valence-electron chi connectivity index (χ1n) is 6.82. The second kappa shape index (κ2) is 4.56. The summed E-state index contributed by atoms with van der Waals surface area (Å²) in [6.45, 7) is 1.96. The maximum absolute atomic E-state index is 11.2. The quantitative estimate of drug-likeness (QED) is 0.838. The molecule has 0 bridgehead atoms. The Bertz CT molecular complexity index is 434. The number of ether oxygens (including phenoxy) is 1. The molecular formula is C15H21NO2. The molecule has 0 aromatic heterocycles. The standard InChI is InChI=1S/C15H21NO2/c1-18-14-7-3-2-6-12(14)15(17)8-4-5-11-9-16-10-13(11)15/h2-3,6-7,11,13,16-17H,4-5,8-10H2,1H3. The molecule has 0 radical (unpaired) electrons. The molecule has 0 spiro atoms. The van der Waals surface area contributed by atoms with E-state index in [1.165, 1.54) is 6.42 Å². The van der Waals surface area contributed by atoms with Crippen molar-refractivity contribution < 1.29 is 9.84 Å². The maximum Gasteiger partial charge on any atom is 0.124 e. The van der Waals surface area contributed by atoms with Crippen LogP contribution in [0.15, 0.2) is 24.3 Å². The van der Waals surface area contributed by atoms with Crippen LogP contribution < -0.4 is 10.1 Å². The van der Waals surface area contributed by atoms with E-state index < -0.39 is 5.60 Å². The zero-order chi connectivity index (χ0) is 12.6. The molecule has 1 aromatic rings. The van der Waals surface area contributed by atoms with Crippen LogP contribution in [0.4, 0.5) is 0 Å². The fraction of sp³-hybridized carbons (Fsp3) is 0.600. The van der Waals surface area contributed by atoms with Gasteiger partial charge in [0, 0.05) is 18.0 Å². The molecule has 1 aliphatic carbocycles. The predicted molar refractivity (Wildman–Crippen MR) is 70.6 cm³/mol. The molecule has 2 aliphatic rings. The summed E-state index contributed by atoms with van der Waals surface area (Å²) in [7, 11) is 1.68. The van der Waals surface area contributed by atoms with Crippen molar-refractivity contribution in [2.24, 2.45) is 11.8 Å². The summed E-state index contributed by atoms with van der Waals surface area (Å²) in [5.41, 5.74) is 0.241. The van der Waals surface area contributed by atoms with E-state index in [0.29, 0.717) is 11.8 Å². The predicted octanol–water partition coefficient (Wildman–Crippen LogP) is 1.90. The normalized spacial score (nSPS) is 35.2. The Hall–Kier alpha value is -1.06. The molecule has 3 atom stereocenters. The fourth-order valence-corrected chi connectivity index (χ4v) is 3.75. The Morgan fingerprint density at radius 2 is 2.17 bits per heavy atom. The number of methoxy groups -OCH3 is 1. The SMILES string of the molecule is COc1ccccc1C1(O)CCCC2CNCC21. The van der Waals surface area contributed by atoms with E-state index in [1.807, 2.05) is 24.3 Å². The molecule has 0 amide bonds. The van der Waals surface area contributed by atoms with Crippen LogP contribution in [0, 0.1) is 11.8 Å². The molecule has 18 heavy (non-hydrogen) atoms. The van der Waals surface area contributed by atoms with Crippen LogP contribution in [0.1, 0.15) is 24.8 Å². The highest BCUT2D eigenvalue weighted by Crippen LogP contribution is 2.48. The van der Waals surface area contributed by atoms with E-state index in [4.69, 9.17) is 4.74 Å². The molecule has 2 N–H and O–H groups in total. The molecule has 1 heterocycles. The van der Waals surface area contributed by atoms with Crippen LogP contribution in [-0.4, -0.2) is 25.3 Å². The van der Waals surface area contributed by atoms with Gasteiger partial charge in [0.25, 0.3) is 0 Å². The van der Waals surface area contributed by atoms with Crippen molar-refractivity contribution in [1.82, 2.24) is 5.32 Å². The van der Waals surface area contributed by atoms with Crippen LogP contribution in [0.2, 0.25) is 0 Å². The minimum Gasteiger partial charge on any atom is -0.496 e. The number of hydrogen-bond donors (Lipinski definition) is 2. The highest BCUT2D eigenvalue weighted by atomic mass is 16.5. The highest BCUT2D eigenvalue weighted by molar-refractivity contribution is 5.39. The average molecular weight is 247 g/mol. The molecular weight excluding hydrogens is 226 g/mol. The van der Waals surface area contributed by atoms with E-state index in [-0.39, 0.29) is 0 Å². The number of rotatable bonds is 2. The Morgan fingerprint density at radius 3 is 3.00 bits per heavy atom. The van der Waals surface area contributed by atoms with Gasteiger partial charge in [0.15, 0.2) is 0 Å². The van der Waals surface area contributed by atoms with Gasteiger partial charge < -0.3 is 15.2 Å². The van der Waals surface area contributed by atoms with Crippen molar-refractivity contribution in [1.29, 1.82) is 0 Å². The third-order valence-electron chi connectivity index (χ3n) is 4.66. The summed E-state index contributed by atoms with van der Waals surface area (Å²) in [6.07, 6.45) is 3.17. The molecule has 1 aromatic carbocycles. The number of aliphatic hydroxyl groups is 1. The van der Waals surface area contributed by atoms with Gasteiger partial charge in [-0.3, -0.25) is 0 Å². The fourth-order valence-electron chi connectivity index (χ4n) is 3.75. The first-order chi connectivity index (χ1) is 8.75. The minimum absolute atomic E-state index is 0.322. The average Bonchev–Trinajstić information content (AvgIpc) is 2.89. The van der Waals surface area contributed by atoms with E-state index in [2.05, 4.69) is 5.32 Å². The maximum atomic E-state index is 11.2. The summed E-state index contributed by atoms with van der Waals surface area (Å²) < 4.78 is 5.43. The topological polar surface area (TPSA) is 41.5 Å². The monoisotopic (exact) mass is 247 g/mol. The van der Waals surface area contributed by atoms with E-state index in [0.717, 1.165) is 37.2 Å². The molecule has 1 saturated carbocycles. The third-order valence-corrected chi connectivity index (χ3v) is 4.66. The van der Waals surface area contributed by atoms with Crippen LogP contribution in [-0.2, 0) is 5.60 Å². The molecule has 3 heteroatoms. The third kappa shape index (κ3) is 1.73. The second-order valence-corrected chi connectivity index (χ2v) is 5.54. The van der Waals surface area contributed by atoms with Gasteiger partial charge in [0.2, 0.25) is 0 Å². The van der Waals surface area contributed by atoms with Crippen molar-refractivity contribution in [2.45, 2.75) is 24.9 Å². The summed E-state index contributed by atoms with van der Waals surface area (Å²) in [6, 6.07) is 7.90.